The summed E-state index contributed by atoms with van der Waals surface area (Å²) in [4.78, 5) is 4.36. The Kier molecular flexibility index (Phi) is 6.65. The number of allylic oxidation sites excluding steroid dienone is 1. The first-order valence-electron chi connectivity index (χ1n) is 7.72. The highest BCUT2D eigenvalue weighted by Gasteiger charge is 2.13. The summed E-state index contributed by atoms with van der Waals surface area (Å²) in [7, 11) is 0. The van der Waals surface area contributed by atoms with Gasteiger partial charge in [0.2, 0.25) is 0 Å². The maximum absolute atomic E-state index is 9.42. The molecule has 6 heteroatoms. The van der Waals surface area contributed by atoms with E-state index in [-0.39, 0.29) is 0 Å². The molecule has 0 spiro atoms. The second kappa shape index (κ2) is 8.72. The van der Waals surface area contributed by atoms with Gasteiger partial charge in [-0.25, -0.2) is 4.98 Å². The fourth-order valence-corrected chi connectivity index (χ4v) is 3.10. The molecule has 0 aliphatic heterocycles. The Bertz CT molecular complexity index is 778. The van der Waals surface area contributed by atoms with Gasteiger partial charge in [-0.05, 0) is 44.0 Å². The fourth-order valence-electron chi connectivity index (χ4n) is 2.06. The van der Waals surface area contributed by atoms with Crippen LogP contribution in [0.5, 0.6) is 11.5 Å². The third-order valence-electron chi connectivity index (χ3n) is 3.06. The van der Waals surface area contributed by atoms with Crippen LogP contribution in [0.1, 0.15) is 36.5 Å². The smallest absolute Gasteiger partial charge is 0.179 e. The van der Waals surface area contributed by atoms with Gasteiger partial charge >= 0.3 is 0 Å². The van der Waals surface area contributed by atoms with Crippen molar-refractivity contribution < 1.29 is 9.47 Å². The first-order valence-corrected chi connectivity index (χ1v) is 8.98. The molecule has 4 nitrogen and oxygen atoms in total. The van der Waals surface area contributed by atoms with Gasteiger partial charge in [0, 0.05) is 11.1 Å². The molecule has 2 aromatic rings. The largest absolute Gasteiger partial charge is 0.490 e. The molecule has 0 aliphatic carbocycles. The Balaban J connectivity index is 2.43. The zero-order chi connectivity index (χ0) is 17.5. The highest BCUT2D eigenvalue weighted by atomic mass is 35.5. The van der Waals surface area contributed by atoms with E-state index in [1.165, 1.54) is 11.3 Å². The van der Waals surface area contributed by atoms with E-state index in [0.717, 1.165) is 17.7 Å². The average Bonchev–Trinajstić information content (AvgIpc) is 2.98. The van der Waals surface area contributed by atoms with Gasteiger partial charge in [0.05, 0.1) is 23.8 Å². The first kappa shape index (κ1) is 18.3. The molecule has 0 unspecified atom stereocenters. The zero-order valence-corrected chi connectivity index (χ0v) is 15.5. The number of aryl methyl sites for hydroxylation is 1. The van der Waals surface area contributed by atoms with Gasteiger partial charge < -0.3 is 9.47 Å². The summed E-state index contributed by atoms with van der Waals surface area (Å²) in [6.07, 6.45) is 2.64. The Morgan fingerprint density at radius 2 is 2.17 bits per heavy atom. The normalized spacial score (nSPS) is 11.2. The minimum absolute atomic E-state index is 0.466. The molecule has 0 amide bonds. The second-order valence-electron chi connectivity index (χ2n) is 5.08. The lowest BCUT2D eigenvalue weighted by Gasteiger charge is -2.14. The van der Waals surface area contributed by atoms with Crippen molar-refractivity contribution in [2.75, 3.05) is 13.2 Å². The van der Waals surface area contributed by atoms with E-state index in [4.69, 9.17) is 21.1 Å². The van der Waals surface area contributed by atoms with Gasteiger partial charge in [0.15, 0.2) is 11.5 Å². The van der Waals surface area contributed by atoms with Crippen molar-refractivity contribution >= 4 is 34.6 Å². The Labute approximate surface area is 151 Å². The van der Waals surface area contributed by atoms with Gasteiger partial charge in [0.1, 0.15) is 11.1 Å². The number of nitriles is 1. The molecule has 24 heavy (non-hydrogen) atoms. The molecule has 1 heterocycles. The summed E-state index contributed by atoms with van der Waals surface area (Å²) in [6, 6.07) is 5.80. The summed E-state index contributed by atoms with van der Waals surface area (Å²) in [5.41, 5.74) is 2.16. The second-order valence-corrected chi connectivity index (χ2v) is 6.34. The van der Waals surface area contributed by atoms with E-state index >= 15 is 0 Å². The van der Waals surface area contributed by atoms with Crippen LogP contribution in [-0.4, -0.2) is 18.2 Å². The van der Waals surface area contributed by atoms with Crippen LogP contribution in [0.2, 0.25) is 5.02 Å². The van der Waals surface area contributed by atoms with Crippen LogP contribution in [0.4, 0.5) is 0 Å². The number of thiazole rings is 1. The number of ether oxygens (including phenoxy) is 2. The Hall–Kier alpha value is -2.03. The molecule has 0 saturated carbocycles. The molecule has 0 radical (unpaired) electrons. The van der Waals surface area contributed by atoms with Crippen LogP contribution in [0.3, 0.4) is 0 Å². The van der Waals surface area contributed by atoms with Crippen LogP contribution in [0.25, 0.3) is 11.6 Å². The summed E-state index contributed by atoms with van der Waals surface area (Å²) >= 11 is 7.80. The SMILES string of the molecule is CCCOc1c(Cl)cc(/C=C(\C#N)c2nc(C)cs2)cc1OCC. The molecule has 1 aromatic carbocycles. The van der Waals surface area contributed by atoms with Crippen molar-refractivity contribution in [1.29, 1.82) is 5.26 Å². The quantitative estimate of drug-likeness (QED) is 0.622. The van der Waals surface area contributed by atoms with Crippen molar-refractivity contribution in [3.05, 3.63) is 38.8 Å². The summed E-state index contributed by atoms with van der Waals surface area (Å²) < 4.78 is 11.3. The minimum atomic E-state index is 0.466. The third-order valence-corrected chi connectivity index (χ3v) is 4.34. The van der Waals surface area contributed by atoms with Crippen LogP contribution in [-0.2, 0) is 0 Å². The van der Waals surface area contributed by atoms with Gasteiger partial charge in [-0.2, -0.15) is 5.26 Å². The highest BCUT2D eigenvalue weighted by molar-refractivity contribution is 7.11. The number of rotatable bonds is 7. The maximum atomic E-state index is 9.42. The molecule has 2 rings (SSSR count). The van der Waals surface area contributed by atoms with E-state index in [2.05, 4.69) is 11.1 Å². The standard InChI is InChI=1S/C18H19ClN2O2S/c1-4-6-23-17-15(19)8-13(9-16(17)22-5-2)7-14(10-20)18-21-12(3)11-24-18/h7-9,11H,4-6H2,1-3H3/b14-7+. The molecule has 0 saturated heterocycles. The number of nitrogens with zero attached hydrogens (tertiary/aromatic N) is 2. The van der Waals surface area contributed by atoms with Crippen molar-refractivity contribution in [2.24, 2.45) is 0 Å². The summed E-state index contributed by atoms with van der Waals surface area (Å²) in [5.74, 6) is 1.12. The van der Waals surface area contributed by atoms with Crippen LogP contribution >= 0.6 is 22.9 Å². The topological polar surface area (TPSA) is 55.1 Å². The lowest BCUT2D eigenvalue weighted by molar-refractivity contribution is 0.277. The van der Waals surface area contributed by atoms with Crippen LogP contribution < -0.4 is 9.47 Å². The van der Waals surface area contributed by atoms with Gasteiger partial charge in [-0.15, -0.1) is 11.3 Å². The monoisotopic (exact) mass is 362 g/mol. The summed E-state index contributed by atoms with van der Waals surface area (Å²) in [5, 5.41) is 12.5. The molecule has 0 aliphatic rings. The Morgan fingerprint density at radius 3 is 2.75 bits per heavy atom. The van der Waals surface area contributed by atoms with Gasteiger partial charge in [-0.3, -0.25) is 0 Å². The predicted octanol–water partition coefficient (Wildman–Crippen LogP) is 5.36. The number of aromatic nitrogens is 1. The van der Waals surface area contributed by atoms with Crippen molar-refractivity contribution in [1.82, 2.24) is 4.98 Å². The van der Waals surface area contributed by atoms with Crippen molar-refractivity contribution in [3.8, 4) is 17.6 Å². The fraction of sp³-hybridized carbons (Fsp3) is 0.333. The lowest BCUT2D eigenvalue weighted by atomic mass is 10.1. The van der Waals surface area contributed by atoms with Gasteiger partial charge in [0.25, 0.3) is 0 Å². The highest BCUT2D eigenvalue weighted by Crippen LogP contribution is 2.38. The van der Waals surface area contributed by atoms with Crippen LogP contribution in [0.15, 0.2) is 17.5 Å². The molecule has 0 bridgehead atoms. The molecular formula is C18H19ClN2O2S. The lowest BCUT2D eigenvalue weighted by Crippen LogP contribution is -2.01. The van der Waals surface area contributed by atoms with E-state index < -0.39 is 0 Å². The Morgan fingerprint density at radius 1 is 1.38 bits per heavy atom. The van der Waals surface area contributed by atoms with Crippen LogP contribution in [0, 0.1) is 18.3 Å². The van der Waals surface area contributed by atoms with Crippen molar-refractivity contribution in [3.63, 3.8) is 0 Å². The first-order chi connectivity index (χ1) is 11.6. The summed E-state index contributed by atoms with van der Waals surface area (Å²) in [6.45, 7) is 6.90. The number of benzene rings is 1. The predicted molar refractivity (Wildman–Crippen MR) is 98.7 cm³/mol. The van der Waals surface area contributed by atoms with Crippen molar-refractivity contribution in [2.45, 2.75) is 27.2 Å². The molecule has 1 aromatic heterocycles. The molecule has 126 valence electrons. The van der Waals surface area contributed by atoms with Gasteiger partial charge in [-0.1, -0.05) is 18.5 Å². The zero-order valence-electron chi connectivity index (χ0n) is 13.9. The number of hydrogen-bond donors (Lipinski definition) is 0. The number of hydrogen-bond acceptors (Lipinski definition) is 5. The average molecular weight is 363 g/mol. The molecule has 0 N–H and O–H groups in total. The minimum Gasteiger partial charge on any atom is -0.490 e. The molecular weight excluding hydrogens is 344 g/mol. The maximum Gasteiger partial charge on any atom is 0.179 e. The molecule has 0 fully saturated rings. The number of halogens is 1. The van der Waals surface area contributed by atoms with E-state index in [0.29, 0.717) is 40.3 Å². The molecule has 0 atom stereocenters. The van der Waals surface area contributed by atoms with E-state index in [9.17, 15) is 5.26 Å². The third kappa shape index (κ3) is 4.50. The van der Waals surface area contributed by atoms with E-state index in [1.807, 2.05) is 32.2 Å². The van der Waals surface area contributed by atoms with E-state index in [1.54, 1.807) is 12.1 Å².